The maximum absolute atomic E-state index is 11.5. The van der Waals surface area contributed by atoms with Crippen LogP contribution in [0.4, 0.5) is 5.69 Å². The topological polar surface area (TPSA) is 83.8 Å². The zero-order chi connectivity index (χ0) is 10.7. The van der Waals surface area contributed by atoms with Crippen LogP contribution >= 0.6 is 0 Å². The number of carbonyl (C=O) groups is 1. The summed E-state index contributed by atoms with van der Waals surface area (Å²) in [6.07, 6.45) is 0. The number of carbonyl (C=O) groups excluding carboxylic acids is 1. The molecule has 0 radical (unpaired) electrons. The Bertz CT molecular complexity index is 330. The second-order valence-corrected chi connectivity index (χ2v) is 3.71. The van der Waals surface area contributed by atoms with Crippen LogP contribution in [-0.4, -0.2) is 22.6 Å². The number of nitrogens with two attached hydrogens (primary N) is 1. The predicted molar refractivity (Wildman–Crippen MR) is 54.9 cm³/mol. The van der Waals surface area contributed by atoms with Gasteiger partial charge >= 0.3 is 0 Å². The van der Waals surface area contributed by atoms with Crippen molar-refractivity contribution in [2.24, 2.45) is 5.92 Å². The molecule has 0 saturated carbocycles. The van der Waals surface area contributed by atoms with Gasteiger partial charge in [-0.25, -0.2) is 0 Å². The predicted octanol–water partition coefficient (Wildman–Crippen LogP) is 0.686. The second-order valence-electron chi connectivity index (χ2n) is 3.71. The van der Waals surface area contributed by atoms with Crippen molar-refractivity contribution < 1.29 is 4.79 Å². The lowest BCUT2D eigenvalue weighted by atomic mass is 10.2. The summed E-state index contributed by atoms with van der Waals surface area (Å²) in [6, 6.07) is 0. The molecule has 4 N–H and O–H groups in total. The minimum atomic E-state index is -0.222. The van der Waals surface area contributed by atoms with Crippen LogP contribution in [0.5, 0.6) is 0 Å². The largest absolute Gasteiger partial charge is 0.395 e. The number of H-pyrrole nitrogens is 1. The van der Waals surface area contributed by atoms with Gasteiger partial charge in [-0.1, -0.05) is 13.8 Å². The Morgan fingerprint density at radius 3 is 2.71 bits per heavy atom. The van der Waals surface area contributed by atoms with E-state index in [1.54, 1.807) is 6.92 Å². The molecule has 0 aromatic carbocycles. The summed E-state index contributed by atoms with van der Waals surface area (Å²) in [7, 11) is 0. The van der Waals surface area contributed by atoms with E-state index in [4.69, 9.17) is 5.73 Å². The zero-order valence-electron chi connectivity index (χ0n) is 8.72. The van der Waals surface area contributed by atoms with Crippen LogP contribution < -0.4 is 11.1 Å². The molecule has 1 heterocycles. The number of hydrogen-bond acceptors (Lipinski definition) is 3. The molecule has 5 nitrogen and oxygen atoms in total. The number of nitrogens with zero attached hydrogens (tertiary/aromatic N) is 1. The molecule has 0 aliphatic rings. The summed E-state index contributed by atoms with van der Waals surface area (Å²) < 4.78 is 0. The number of aromatic amines is 1. The molecule has 1 aromatic heterocycles. The number of nitrogen functional groups attached to an aromatic ring is 1. The molecule has 0 aliphatic heterocycles. The number of rotatable bonds is 3. The van der Waals surface area contributed by atoms with Gasteiger partial charge in [0.1, 0.15) is 0 Å². The van der Waals surface area contributed by atoms with E-state index in [0.717, 1.165) is 5.69 Å². The molecule has 5 heteroatoms. The fourth-order valence-electron chi connectivity index (χ4n) is 0.991. The Morgan fingerprint density at radius 1 is 1.64 bits per heavy atom. The van der Waals surface area contributed by atoms with Gasteiger partial charge in [-0.3, -0.25) is 9.89 Å². The Morgan fingerprint density at radius 2 is 2.29 bits per heavy atom. The van der Waals surface area contributed by atoms with Gasteiger partial charge < -0.3 is 11.1 Å². The Kier molecular flexibility index (Phi) is 3.11. The normalized spacial score (nSPS) is 10.6. The maximum Gasteiger partial charge on any atom is 0.273 e. The summed E-state index contributed by atoms with van der Waals surface area (Å²) in [6.45, 7) is 6.46. The van der Waals surface area contributed by atoms with Crippen molar-refractivity contribution in [3.05, 3.63) is 11.4 Å². The van der Waals surface area contributed by atoms with E-state index in [9.17, 15) is 4.79 Å². The molecule has 78 valence electrons. The third-order valence-electron chi connectivity index (χ3n) is 1.88. The van der Waals surface area contributed by atoms with E-state index in [1.807, 2.05) is 13.8 Å². The lowest BCUT2D eigenvalue weighted by Crippen LogP contribution is -2.28. The van der Waals surface area contributed by atoms with Crippen molar-refractivity contribution in [2.45, 2.75) is 20.8 Å². The number of hydrogen-bond donors (Lipinski definition) is 3. The van der Waals surface area contributed by atoms with Gasteiger partial charge in [0.15, 0.2) is 5.69 Å². The molecule has 14 heavy (non-hydrogen) atoms. The van der Waals surface area contributed by atoms with Gasteiger partial charge in [0.2, 0.25) is 0 Å². The number of anilines is 1. The van der Waals surface area contributed by atoms with Crippen molar-refractivity contribution in [3.63, 3.8) is 0 Å². The Labute approximate surface area is 83.1 Å². The minimum absolute atomic E-state index is 0.222. The van der Waals surface area contributed by atoms with Gasteiger partial charge in [0.05, 0.1) is 11.4 Å². The molecule has 1 rings (SSSR count). The molecule has 1 aromatic rings. The third kappa shape index (κ3) is 2.25. The summed E-state index contributed by atoms with van der Waals surface area (Å²) in [5.74, 6) is 0.195. The van der Waals surface area contributed by atoms with Crippen molar-refractivity contribution in [1.82, 2.24) is 15.5 Å². The summed E-state index contributed by atoms with van der Waals surface area (Å²) in [4.78, 5) is 11.5. The van der Waals surface area contributed by atoms with Gasteiger partial charge in [0, 0.05) is 6.54 Å². The highest BCUT2D eigenvalue weighted by molar-refractivity contribution is 5.97. The molecule has 0 bridgehead atoms. The molecule has 0 saturated heterocycles. The number of nitrogens with one attached hydrogen (secondary N) is 2. The first-order valence-corrected chi connectivity index (χ1v) is 4.61. The first kappa shape index (κ1) is 10.6. The molecule has 1 amide bonds. The van der Waals surface area contributed by atoms with Crippen molar-refractivity contribution >= 4 is 11.6 Å². The highest BCUT2D eigenvalue weighted by Crippen LogP contribution is 2.11. The Balaban J connectivity index is 2.66. The van der Waals surface area contributed by atoms with Gasteiger partial charge in [-0.2, -0.15) is 5.10 Å². The first-order chi connectivity index (χ1) is 6.52. The van der Waals surface area contributed by atoms with E-state index < -0.39 is 0 Å². The van der Waals surface area contributed by atoms with Gasteiger partial charge in [0.25, 0.3) is 5.91 Å². The highest BCUT2D eigenvalue weighted by atomic mass is 16.1. The van der Waals surface area contributed by atoms with Gasteiger partial charge in [-0.05, 0) is 12.8 Å². The number of aryl methyl sites for hydroxylation is 1. The fraction of sp³-hybridized carbons (Fsp3) is 0.556. The van der Waals surface area contributed by atoms with E-state index >= 15 is 0 Å². The summed E-state index contributed by atoms with van der Waals surface area (Å²) >= 11 is 0. The zero-order valence-corrected chi connectivity index (χ0v) is 8.72. The molecule has 0 atom stereocenters. The lowest BCUT2D eigenvalue weighted by molar-refractivity contribution is 0.0945. The molecule has 0 spiro atoms. The third-order valence-corrected chi connectivity index (χ3v) is 1.88. The van der Waals surface area contributed by atoms with Crippen molar-refractivity contribution in [1.29, 1.82) is 0 Å². The molecule has 0 aliphatic carbocycles. The Hall–Kier alpha value is -1.52. The van der Waals surface area contributed by atoms with E-state index in [0.29, 0.717) is 18.2 Å². The van der Waals surface area contributed by atoms with Gasteiger partial charge in [-0.15, -0.1) is 0 Å². The van der Waals surface area contributed by atoms with Crippen molar-refractivity contribution in [2.75, 3.05) is 12.3 Å². The van der Waals surface area contributed by atoms with Crippen LogP contribution in [0.3, 0.4) is 0 Å². The van der Waals surface area contributed by atoms with E-state index in [-0.39, 0.29) is 11.6 Å². The minimum Gasteiger partial charge on any atom is -0.395 e. The average molecular weight is 196 g/mol. The van der Waals surface area contributed by atoms with Crippen LogP contribution in [0.15, 0.2) is 0 Å². The smallest absolute Gasteiger partial charge is 0.273 e. The SMILES string of the molecule is Cc1[nH]nc(C(=O)NCC(C)C)c1N. The quantitative estimate of drug-likeness (QED) is 0.665. The standard InChI is InChI=1S/C9H16N4O/c1-5(2)4-11-9(14)8-7(10)6(3)12-13-8/h5H,4,10H2,1-3H3,(H,11,14)(H,12,13). The highest BCUT2D eigenvalue weighted by Gasteiger charge is 2.14. The fourth-order valence-corrected chi connectivity index (χ4v) is 0.991. The molecule has 0 unspecified atom stereocenters. The van der Waals surface area contributed by atoms with E-state index in [1.165, 1.54) is 0 Å². The summed E-state index contributed by atoms with van der Waals surface area (Å²) in [5, 5.41) is 9.25. The monoisotopic (exact) mass is 196 g/mol. The van der Waals surface area contributed by atoms with Crippen molar-refractivity contribution in [3.8, 4) is 0 Å². The van der Waals surface area contributed by atoms with Crippen LogP contribution in [-0.2, 0) is 0 Å². The van der Waals surface area contributed by atoms with E-state index in [2.05, 4.69) is 15.5 Å². The molecular formula is C9H16N4O. The number of aromatic nitrogens is 2. The maximum atomic E-state index is 11.5. The van der Waals surface area contributed by atoms with Crippen LogP contribution in [0, 0.1) is 12.8 Å². The summed E-state index contributed by atoms with van der Waals surface area (Å²) in [5.41, 5.74) is 7.08. The second kappa shape index (κ2) is 4.13. The average Bonchev–Trinajstić information content (AvgIpc) is 2.44. The molecule has 0 fully saturated rings. The lowest BCUT2D eigenvalue weighted by Gasteiger charge is -2.05. The number of amides is 1. The van der Waals surface area contributed by atoms with Crippen LogP contribution in [0.2, 0.25) is 0 Å². The first-order valence-electron chi connectivity index (χ1n) is 4.61. The van der Waals surface area contributed by atoms with Crippen LogP contribution in [0.1, 0.15) is 30.0 Å². The molecular weight excluding hydrogens is 180 g/mol. The van der Waals surface area contributed by atoms with Crippen LogP contribution in [0.25, 0.3) is 0 Å².